The van der Waals surface area contributed by atoms with E-state index >= 15 is 0 Å². The van der Waals surface area contributed by atoms with Crippen LogP contribution in [0.5, 0.6) is 0 Å². The van der Waals surface area contributed by atoms with Crippen LogP contribution in [0, 0.1) is 11.2 Å². The van der Waals surface area contributed by atoms with Gasteiger partial charge in [0.2, 0.25) is 0 Å². The molecule has 0 saturated heterocycles. The zero-order chi connectivity index (χ0) is 12.5. The highest BCUT2D eigenvalue weighted by Crippen LogP contribution is 2.39. The molecule has 1 amide bonds. The molecule has 0 spiro atoms. The predicted octanol–water partition coefficient (Wildman–Crippen LogP) is 3.40. The Hall–Kier alpha value is -1.09. The van der Waals surface area contributed by atoms with Crippen LogP contribution in [0.1, 0.15) is 36.5 Å². The first kappa shape index (κ1) is 12.4. The molecule has 1 aliphatic carbocycles. The maximum absolute atomic E-state index is 13.4. The number of nitrogens with one attached hydrogen (secondary N) is 1. The van der Waals surface area contributed by atoms with Gasteiger partial charge in [0, 0.05) is 11.6 Å². The first-order chi connectivity index (χ1) is 8.00. The van der Waals surface area contributed by atoms with Crippen molar-refractivity contribution in [3.05, 3.63) is 34.6 Å². The van der Waals surface area contributed by atoms with E-state index in [0.717, 1.165) is 12.8 Å². The quantitative estimate of drug-likeness (QED) is 0.881. The summed E-state index contributed by atoms with van der Waals surface area (Å²) in [5.74, 6) is -0.927. The molecule has 1 N–H and O–H groups in total. The van der Waals surface area contributed by atoms with E-state index in [4.69, 9.17) is 11.6 Å². The van der Waals surface area contributed by atoms with E-state index in [1.807, 2.05) is 0 Å². The number of carbonyl (C=O) groups is 1. The average molecular weight is 256 g/mol. The van der Waals surface area contributed by atoms with Gasteiger partial charge >= 0.3 is 0 Å². The molecule has 0 aromatic heterocycles. The Balaban J connectivity index is 2.01. The third-order valence-electron chi connectivity index (χ3n) is 3.41. The molecule has 0 heterocycles. The molecular formula is C13H15ClFNO. The van der Waals surface area contributed by atoms with Gasteiger partial charge < -0.3 is 5.32 Å². The molecule has 1 aliphatic rings. The molecule has 0 bridgehead atoms. The standard InChI is InChI=1S/C13H15ClFNO/c1-13(5-2-6-13)8-16-12(17)10-7-9(14)3-4-11(10)15/h3-4,7H,2,5-6,8H2,1H3,(H,16,17). The number of amides is 1. The van der Waals surface area contributed by atoms with Crippen molar-refractivity contribution >= 4 is 17.5 Å². The van der Waals surface area contributed by atoms with E-state index < -0.39 is 11.7 Å². The van der Waals surface area contributed by atoms with E-state index in [-0.39, 0.29) is 11.0 Å². The summed E-state index contributed by atoms with van der Waals surface area (Å²) in [4.78, 5) is 11.8. The van der Waals surface area contributed by atoms with Gasteiger partial charge in [-0.1, -0.05) is 24.9 Å². The number of halogens is 2. The van der Waals surface area contributed by atoms with E-state index in [1.54, 1.807) is 0 Å². The fourth-order valence-electron chi connectivity index (χ4n) is 2.02. The summed E-state index contributed by atoms with van der Waals surface area (Å²) in [5.41, 5.74) is 0.200. The third kappa shape index (κ3) is 2.78. The topological polar surface area (TPSA) is 29.1 Å². The minimum Gasteiger partial charge on any atom is -0.351 e. The molecule has 2 nitrogen and oxygen atoms in total. The zero-order valence-electron chi connectivity index (χ0n) is 9.72. The van der Waals surface area contributed by atoms with Crippen molar-refractivity contribution in [2.24, 2.45) is 5.41 Å². The highest BCUT2D eigenvalue weighted by atomic mass is 35.5. The van der Waals surface area contributed by atoms with Gasteiger partial charge in [-0.15, -0.1) is 0 Å². The number of carbonyl (C=O) groups excluding carboxylic acids is 1. The third-order valence-corrected chi connectivity index (χ3v) is 3.64. The summed E-state index contributed by atoms with van der Waals surface area (Å²) >= 11 is 5.74. The molecular weight excluding hydrogens is 241 g/mol. The van der Waals surface area contributed by atoms with Crippen LogP contribution in [0.25, 0.3) is 0 Å². The average Bonchev–Trinajstić information content (AvgIpc) is 2.26. The lowest BCUT2D eigenvalue weighted by molar-refractivity contribution is 0.0887. The van der Waals surface area contributed by atoms with E-state index in [0.29, 0.717) is 11.6 Å². The van der Waals surface area contributed by atoms with Gasteiger partial charge in [0.25, 0.3) is 5.91 Å². The smallest absolute Gasteiger partial charge is 0.254 e. The van der Waals surface area contributed by atoms with Gasteiger partial charge in [-0.25, -0.2) is 4.39 Å². The second kappa shape index (κ2) is 4.65. The Labute approximate surface area is 105 Å². The first-order valence-electron chi connectivity index (χ1n) is 5.73. The zero-order valence-corrected chi connectivity index (χ0v) is 10.5. The predicted molar refractivity (Wildman–Crippen MR) is 65.7 cm³/mol. The lowest BCUT2D eigenvalue weighted by Gasteiger charge is -2.38. The summed E-state index contributed by atoms with van der Waals surface area (Å²) in [6, 6.07) is 4.00. The normalized spacial score (nSPS) is 17.4. The van der Waals surface area contributed by atoms with E-state index in [1.165, 1.54) is 24.6 Å². The van der Waals surface area contributed by atoms with Gasteiger partial charge in [0.1, 0.15) is 5.82 Å². The second-order valence-corrected chi connectivity index (χ2v) is 5.41. The van der Waals surface area contributed by atoms with Crippen LogP contribution in [0.2, 0.25) is 5.02 Å². The molecule has 1 saturated carbocycles. The largest absolute Gasteiger partial charge is 0.351 e. The van der Waals surface area contributed by atoms with Crippen molar-refractivity contribution in [3.8, 4) is 0 Å². The monoisotopic (exact) mass is 255 g/mol. The summed E-state index contributed by atoms with van der Waals surface area (Å²) < 4.78 is 13.4. The maximum atomic E-state index is 13.4. The summed E-state index contributed by atoms with van der Waals surface area (Å²) in [6.07, 6.45) is 3.44. The van der Waals surface area contributed by atoms with Gasteiger partial charge in [0.05, 0.1) is 5.56 Å². The van der Waals surface area contributed by atoms with Crippen LogP contribution in [-0.4, -0.2) is 12.5 Å². The van der Waals surface area contributed by atoms with Crippen LogP contribution in [0.15, 0.2) is 18.2 Å². The fourth-order valence-corrected chi connectivity index (χ4v) is 2.19. The minimum absolute atomic E-state index is 0.0143. The van der Waals surface area contributed by atoms with E-state index in [9.17, 15) is 9.18 Å². The molecule has 1 aromatic rings. The molecule has 0 unspecified atom stereocenters. The molecule has 0 radical (unpaired) electrons. The van der Waals surface area contributed by atoms with Crippen LogP contribution in [-0.2, 0) is 0 Å². The molecule has 4 heteroatoms. The lowest BCUT2D eigenvalue weighted by Crippen LogP contribution is -2.40. The summed E-state index contributed by atoms with van der Waals surface area (Å²) in [6.45, 7) is 2.73. The van der Waals surface area contributed by atoms with E-state index in [2.05, 4.69) is 12.2 Å². The summed E-state index contributed by atoms with van der Waals surface area (Å²) in [5, 5.41) is 3.14. The van der Waals surface area contributed by atoms with Crippen LogP contribution in [0.3, 0.4) is 0 Å². The Morgan fingerprint density at radius 1 is 1.53 bits per heavy atom. The lowest BCUT2D eigenvalue weighted by atomic mass is 9.70. The molecule has 1 fully saturated rings. The highest BCUT2D eigenvalue weighted by molar-refractivity contribution is 6.30. The van der Waals surface area contributed by atoms with Gasteiger partial charge in [-0.2, -0.15) is 0 Å². The Bertz CT molecular complexity index is 443. The molecule has 2 rings (SSSR count). The second-order valence-electron chi connectivity index (χ2n) is 4.97. The van der Waals surface area contributed by atoms with Gasteiger partial charge in [0.15, 0.2) is 0 Å². The van der Waals surface area contributed by atoms with Crippen LogP contribution in [0.4, 0.5) is 4.39 Å². The fraction of sp³-hybridized carbons (Fsp3) is 0.462. The molecule has 17 heavy (non-hydrogen) atoms. The Kier molecular flexibility index (Phi) is 3.38. The highest BCUT2D eigenvalue weighted by Gasteiger charge is 2.32. The molecule has 0 atom stereocenters. The number of hydrogen-bond acceptors (Lipinski definition) is 1. The number of rotatable bonds is 3. The van der Waals surface area contributed by atoms with Crippen molar-refractivity contribution in [1.29, 1.82) is 0 Å². The minimum atomic E-state index is -0.536. The van der Waals surface area contributed by atoms with Crippen molar-refractivity contribution in [2.75, 3.05) is 6.54 Å². The maximum Gasteiger partial charge on any atom is 0.254 e. The van der Waals surface area contributed by atoms with Crippen LogP contribution < -0.4 is 5.32 Å². The van der Waals surface area contributed by atoms with Gasteiger partial charge in [-0.3, -0.25) is 4.79 Å². The number of hydrogen-bond donors (Lipinski definition) is 1. The van der Waals surface area contributed by atoms with Crippen LogP contribution >= 0.6 is 11.6 Å². The van der Waals surface area contributed by atoms with Crippen molar-refractivity contribution in [3.63, 3.8) is 0 Å². The molecule has 1 aromatic carbocycles. The van der Waals surface area contributed by atoms with Crippen molar-refractivity contribution in [2.45, 2.75) is 26.2 Å². The number of benzene rings is 1. The summed E-state index contributed by atoms with van der Waals surface area (Å²) in [7, 11) is 0. The SMILES string of the molecule is CC1(CNC(=O)c2cc(Cl)ccc2F)CCC1. The Morgan fingerprint density at radius 2 is 2.24 bits per heavy atom. The first-order valence-corrected chi connectivity index (χ1v) is 6.11. The van der Waals surface area contributed by atoms with Crippen molar-refractivity contribution < 1.29 is 9.18 Å². The van der Waals surface area contributed by atoms with Crippen molar-refractivity contribution in [1.82, 2.24) is 5.32 Å². The van der Waals surface area contributed by atoms with Gasteiger partial charge in [-0.05, 0) is 36.5 Å². The Morgan fingerprint density at radius 3 is 2.82 bits per heavy atom. The molecule has 92 valence electrons. The molecule has 0 aliphatic heterocycles.